The highest BCUT2D eigenvalue weighted by atomic mass is 79.9. The number of rotatable bonds is 5. The van der Waals surface area contributed by atoms with E-state index < -0.39 is 0 Å². The third-order valence-electron chi connectivity index (χ3n) is 2.85. The Morgan fingerprint density at radius 1 is 1.33 bits per heavy atom. The van der Waals surface area contributed by atoms with Crippen LogP contribution in [0.1, 0.15) is 16.0 Å². The third-order valence-corrected chi connectivity index (χ3v) is 4.78. The van der Waals surface area contributed by atoms with Gasteiger partial charge in [-0.05, 0) is 70.5 Å². The molecule has 4 heteroatoms. The molecule has 1 heterocycles. The van der Waals surface area contributed by atoms with E-state index in [9.17, 15) is 4.39 Å². The molecule has 1 N–H and O–H groups in total. The second-order valence-electron chi connectivity index (χ2n) is 4.19. The summed E-state index contributed by atoms with van der Waals surface area (Å²) in [4.78, 5) is 1.31. The molecule has 1 aromatic heterocycles. The van der Waals surface area contributed by atoms with Crippen molar-refractivity contribution in [1.82, 2.24) is 5.32 Å². The molecule has 0 aliphatic carbocycles. The molecule has 1 nitrogen and oxygen atoms in total. The number of thiophene rings is 1. The lowest BCUT2D eigenvalue weighted by Gasteiger charge is -2.07. The van der Waals surface area contributed by atoms with Gasteiger partial charge >= 0.3 is 0 Å². The van der Waals surface area contributed by atoms with Crippen LogP contribution < -0.4 is 5.32 Å². The molecule has 0 bridgehead atoms. The van der Waals surface area contributed by atoms with Gasteiger partial charge in [0, 0.05) is 15.9 Å². The topological polar surface area (TPSA) is 12.0 Å². The van der Waals surface area contributed by atoms with Crippen molar-refractivity contribution >= 4 is 27.3 Å². The highest BCUT2D eigenvalue weighted by Crippen LogP contribution is 2.22. The largest absolute Gasteiger partial charge is 0.311 e. The first-order valence-electron chi connectivity index (χ1n) is 5.84. The minimum atomic E-state index is -0.160. The Balaban J connectivity index is 1.80. The monoisotopic (exact) mass is 327 g/mol. The highest BCUT2D eigenvalue weighted by molar-refractivity contribution is 9.10. The average Bonchev–Trinajstić information content (AvgIpc) is 2.73. The summed E-state index contributed by atoms with van der Waals surface area (Å²) in [7, 11) is 0. The summed E-state index contributed by atoms with van der Waals surface area (Å²) in [5.41, 5.74) is 2.23. The molecule has 18 heavy (non-hydrogen) atoms. The van der Waals surface area contributed by atoms with E-state index in [0.717, 1.165) is 29.5 Å². The third kappa shape index (κ3) is 3.64. The molecule has 0 atom stereocenters. The van der Waals surface area contributed by atoms with Crippen molar-refractivity contribution in [2.45, 2.75) is 19.9 Å². The molecule has 2 aromatic rings. The van der Waals surface area contributed by atoms with Crippen LogP contribution in [0.15, 0.2) is 34.1 Å². The lowest BCUT2D eigenvalue weighted by molar-refractivity contribution is 0.624. The Morgan fingerprint density at radius 2 is 2.17 bits per heavy atom. The molecular formula is C14H15BrFNS. The summed E-state index contributed by atoms with van der Waals surface area (Å²) in [5, 5.41) is 5.48. The van der Waals surface area contributed by atoms with Crippen LogP contribution in [0.5, 0.6) is 0 Å². The normalized spacial score (nSPS) is 10.8. The zero-order valence-corrected chi connectivity index (χ0v) is 12.6. The van der Waals surface area contributed by atoms with E-state index in [1.165, 1.54) is 16.5 Å². The Hall–Kier alpha value is -0.710. The summed E-state index contributed by atoms with van der Waals surface area (Å²) in [5.74, 6) is -0.160. The van der Waals surface area contributed by atoms with Gasteiger partial charge in [-0.2, -0.15) is 0 Å². The Kier molecular flexibility index (Phi) is 4.92. The highest BCUT2D eigenvalue weighted by Gasteiger charge is 2.02. The molecule has 96 valence electrons. The molecule has 0 saturated heterocycles. The van der Waals surface area contributed by atoms with Gasteiger partial charge in [0.25, 0.3) is 0 Å². The molecular weight excluding hydrogens is 313 g/mol. The standard InChI is InChI=1S/C14H15BrFNS/c1-10-8-12(16)3-2-11(10)4-6-17-9-14-13(15)5-7-18-14/h2-3,5,7-8,17H,4,6,9H2,1H3. The van der Waals surface area contributed by atoms with Crippen LogP contribution in [0.3, 0.4) is 0 Å². The van der Waals surface area contributed by atoms with Crippen molar-refractivity contribution in [3.05, 3.63) is 55.9 Å². The average molecular weight is 328 g/mol. The van der Waals surface area contributed by atoms with Crippen LogP contribution in [0.4, 0.5) is 4.39 Å². The number of hydrogen-bond donors (Lipinski definition) is 1. The van der Waals surface area contributed by atoms with Gasteiger partial charge in [-0.15, -0.1) is 11.3 Å². The van der Waals surface area contributed by atoms with Gasteiger partial charge in [0.2, 0.25) is 0 Å². The zero-order chi connectivity index (χ0) is 13.0. The van der Waals surface area contributed by atoms with Gasteiger partial charge < -0.3 is 5.32 Å². The van der Waals surface area contributed by atoms with E-state index in [-0.39, 0.29) is 5.82 Å². The molecule has 1 aromatic carbocycles. The second-order valence-corrected chi connectivity index (χ2v) is 6.04. The van der Waals surface area contributed by atoms with Crippen LogP contribution in [0, 0.1) is 12.7 Å². The molecule has 0 amide bonds. The van der Waals surface area contributed by atoms with Crippen molar-refractivity contribution in [2.24, 2.45) is 0 Å². The SMILES string of the molecule is Cc1cc(F)ccc1CCNCc1sccc1Br. The smallest absolute Gasteiger partial charge is 0.123 e. The number of aryl methyl sites for hydroxylation is 1. The van der Waals surface area contributed by atoms with Crippen molar-refractivity contribution < 1.29 is 4.39 Å². The van der Waals surface area contributed by atoms with Crippen LogP contribution in [0.25, 0.3) is 0 Å². The minimum Gasteiger partial charge on any atom is -0.311 e. The fourth-order valence-corrected chi connectivity index (χ4v) is 3.28. The van der Waals surface area contributed by atoms with Gasteiger partial charge in [0.1, 0.15) is 5.82 Å². The fourth-order valence-electron chi connectivity index (χ4n) is 1.82. The first-order valence-corrected chi connectivity index (χ1v) is 7.51. The number of hydrogen-bond acceptors (Lipinski definition) is 2. The summed E-state index contributed by atoms with van der Waals surface area (Å²) in [6.45, 7) is 3.73. The van der Waals surface area contributed by atoms with Crippen LogP contribution >= 0.6 is 27.3 Å². The lowest BCUT2D eigenvalue weighted by atomic mass is 10.1. The van der Waals surface area contributed by atoms with Gasteiger partial charge in [0.15, 0.2) is 0 Å². The van der Waals surface area contributed by atoms with E-state index in [2.05, 4.69) is 32.7 Å². The van der Waals surface area contributed by atoms with Crippen molar-refractivity contribution in [1.29, 1.82) is 0 Å². The summed E-state index contributed by atoms with van der Waals surface area (Å²) >= 11 is 5.25. The molecule has 0 aliphatic rings. The molecule has 0 fully saturated rings. The van der Waals surface area contributed by atoms with Crippen molar-refractivity contribution in [3.8, 4) is 0 Å². The molecule has 0 radical (unpaired) electrons. The number of benzene rings is 1. The lowest BCUT2D eigenvalue weighted by Crippen LogP contribution is -2.16. The first-order chi connectivity index (χ1) is 8.66. The zero-order valence-electron chi connectivity index (χ0n) is 10.2. The van der Waals surface area contributed by atoms with Crippen LogP contribution in [-0.2, 0) is 13.0 Å². The van der Waals surface area contributed by atoms with Gasteiger partial charge in [-0.1, -0.05) is 6.07 Å². The summed E-state index contributed by atoms with van der Waals surface area (Å²) in [6, 6.07) is 7.04. The Morgan fingerprint density at radius 3 is 2.83 bits per heavy atom. The maximum Gasteiger partial charge on any atom is 0.123 e. The maximum absolute atomic E-state index is 12.9. The summed E-state index contributed by atoms with van der Waals surface area (Å²) < 4.78 is 14.1. The van der Waals surface area contributed by atoms with Gasteiger partial charge in [-0.25, -0.2) is 4.39 Å². The summed E-state index contributed by atoms with van der Waals surface area (Å²) in [6.07, 6.45) is 0.926. The van der Waals surface area contributed by atoms with Gasteiger partial charge in [-0.3, -0.25) is 0 Å². The van der Waals surface area contributed by atoms with E-state index >= 15 is 0 Å². The second kappa shape index (κ2) is 6.45. The van der Waals surface area contributed by atoms with Crippen LogP contribution in [0.2, 0.25) is 0 Å². The van der Waals surface area contributed by atoms with E-state index in [1.54, 1.807) is 17.4 Å². The van der Waals surface area contributed by atoms with Crippen molar-refractivity contribution in [2.75, 3.05) is 6.54 Å². The predicted octanol–water partition coefficient (Wildman–Crippen LogP) is 4.29. The maximum atomic E-state index is 12.9. The van der Waals surface area contributed by atoms with Gasteiger partial charge in [0.05, 0.1) is 0 Å². The van der Waals surface area contributed by atoms with E-state index in [4.69, 9.17) is 0 Å². The first kappa shape index (κ1) is 13.7. The Bertz CT molecular complexity index is 524. The van der Waals surface area contributed by atoms with E-state index in [0.29, 0.717) is 0 Å². The molecule has 2 rings (SSSR count). The quantitative estimate of drug-likeness (QED) is 0.808. The molecule has 0 aliphatic heterocycles. The predicted molar refractivity (Wildman–Crippen MR) is 78.6 cm³/mol. The number of nitrogens with one attached hydrogen (secondary N) is 1. The molecule has 0 spiro atoms. The fraction of sp³-hybridized carbons (Fsp3) is 0.286. The van der Waals surface area contributed by atoms with Crippen molar-refractivity contribution in [3.63, 3.8) is 0 Å². The number of halogens is 2. The molecule has 0 saturated carbocycles. The van der Waals surface area contributed by atoms with E-state index in [1.807, 2.05) is 13.0 Å². The molecule has 0 unspecified atom stereocenters. The van der Waals surface area contributed by atoms with Crippen LogP contribution in [-0.4, -0.2) is 6.54 Å². The Labute approximate surface area is 119 Å². The minimum absolute atomic E-state index is 0.160.